The molecular weight excluding hydrogens is 259 g/mol. The average Bonchev–Trinajstić information content (AvgIpc) is 2.80. The zero-order chi connectivity index (χ0) is 14.3. The Morgan fingerprint density at radius 3 is 2.60 bits per heavy atom. The van der Waals surface area contributed by atoms with Crippen LogP contribution >= 0.6 is 0 Å². The Balaban J connectivity index is 2.01. The van der Waals surface area contributed by atoms with E-state index in [4.69, 9.17) is 12.3 Å². The number of anilines is 1. The van der Waals surface area contributed by atoms with E-state index < -0.39 is 17.5 Å². The van der Waals surface area contributed by atoms with Crippen LogP contribution in [0.4, 0.5) is 15.3 Å². The van der Waals surface area contributed by atoms with Crippen molar-refractivity contribution < 1.29 is 14.0 Å². The van der Waals surface area contributed by atoms with Gasteiger partial charge in [-0.15, -0.1) is 0 Å². The first-order valence-corrected chi connectivity index (χ1v) is 5.98. The summed E-state index contributed by atoms with van der Waals surface area (Å²) in [7, 11) is 5.12. The van der Waals surface area contributed by atoms with E-state index in [-0.39, 0.29) is 6.54 Å². The summed E-state index contributed by atoms with van der Waals surface area (Å²) in [6.07, 6.45) is 0. The second-order valence-corrected chi connectivity index (χ2v) is 4.40. The molecule has 1 aromatic carbocycles. The summed E-state index contributed by atoms with van der Waals surface area (Å²) < 4.78 is 5.07. The summed E-state index contributed by atoms with van der Waals surface area (Å²) >= 11 is 0. The smallest absolute Gasteiger partial charge is 0.336 e. The van der Waals surface area contributed by atoms with Gasteiger partial charge in [-0.05, 0) is 18.2 Å². The minimum atomic E-state index is -0.773. The van der Waals surface area contributed by atoms with Gasteiger partial charge in [-0.3, -0.25) is 14.6 Å². The van der Waals surface area contributed by atoms with Crippen LogP contribution in [-0.2, 0) is 0 Å². The lowest BCUT2D eigenvalue weighted by atomic mass is 10.1. The van der Waals surface area contributed by atoms with Crippen LogP contribution in [0.25, 0.3) is 11.0 Å². The number of rotatable bonds is 1. The first-order chi connectivity index (χ1) is 9.56. The molecule has 0 N–H and O–H groups in total. The van der Waals surface area contributed by atoms with Gasteiger partial charge in [-0.1, -0.05) is 0 Å². The largest absolute Gasteiger partial charge is 0.423 e. The summed E-state index contributed by atoms with van der Waals surface area (Å²) in [5.74, 6) is -0.773. The SMILES string of the molecule is [B]C(=O)N1CCN(c2ccc3ccc(=O)oc3c2)C1=O. The highest BCUT2D eigenvalue weighted by atomic mass is 16.4. The van der Waals surface area contributed by atoms with E-state index in [1.807, 2.05) is 0 Å². The lowest BCUT2D eigenvalue weighted by molar-refractivity contribution is 0.214. The van der Waals surface area contributed by atoms with Crippen LogP contribution in [0.15, 0.2) is 39.5 Å². The lowest BCUT2D eigenvalue weighted by Crippen LogP contribution is -2.35. The van der Waals surface area contributed by atoms with Crippen molar-refractivity contribution in [3.8, 4) is 0 Å². The van der Waals surface area contributed by atoms with Crippen LogP contribution < -0.4 is 10.5 Å². The molecule has 2 radical (unpaired) electrons. The van der Waals surface area contributed by atoms with Gasteiger partial charge in [0.15, 0.2) is 5.81 Å². The molecule has 1 fully saturated rings. The molecule has 0 unspecified atom stereocenters. The van der Waals surface area contributed by atoms with Crippen molar-refractivity contribution in [2.24, 2.45) is 0 Å². The maximum atomic E-state index is 12.0. The van der Waals surface area contributed by atoms with Crippen molar-refractivity contribution in [2.45, 2.75) is 0 Å². The topological polar surface area (TPSA) is 70.8 Å². The fourth-order valence-corrected chi connectivity index (χ4v) is 2.20. The van der Waals surface area contributed by atoms with Crippen LogP contribution in [-0.4, -0.2) is 37.7 Å². The van der Waals surface area contributed by atoms with E-state index >= 15 is 0 Å². The summed E-state index contributed by atoms with van der Waals surface area (Å²) in [6.45, 7) is 0.593. The van der Waals surface area contributed by atoms with Crippen LogP contribution in [0, 0.1) is 0 Å². The van der Waals surface area contributed by atoms with Gasteiger partial charge < -0.3 is 4.42 Å². The molecule has 1 saturated heterocycles. The minimum absolute atomic E-state index is 0.241. The van der Waals surface area contributed by atoms with Crippen LogP contribution in [0.3, 0.4) is 0 Å². The Morgan fingerprint density at radius 2 is 1.90 bits per heavy atom. The van der Waals surface area contributed by atoms with Crippen molar-refractivity contribution in [3.63, 3.8) is 0 Å². The summed E-state index contributed by atoms with van der Waals surface area (Å²) in [5, 5.41) is 0.756. The van der Waals surface area contributed by atoms with E-state index in [2.05, 4.69) is 0 Å². The average molecular weight is 268 g/mol. The van der Waals surface area contributed by atoms with Gasteiger partial charge in [-0.25, -0.2) is 9.59 Å². The molecule has 1 aliphatic heterocycles. The Morgan fingerprint density at radius 1 is 1.15 bits per heavy atom. The van der Waals surface area contributed by atoms with Crippen molar-refractivity contribution in [2.75, 3.05) is 18.0 Å². The zero-order valence-electron chi connectivity index (χ0n) is 10.4. The van der Waals surface area contributed by atoms with E-state index in [0.29, 0.717) is 17.8 Å². The Kier molecular flexibility index (Phi) is 2.82. The third kappa shape index (κ3) is 1.97. The van der Waals surface area contributed by atoms with E-state index in [1.54, 1.807) is 24.3 Å². The molecule has 0 spiro atoms. The van der Waals surface area contributed by atoms with Crippen LogP contribution in [0.2, 0.25) is 0 Å². The van der Waals surface area contributed by atoms with E-state index in [9.17, 15) is 14.4 Å². The number of urea groups is 1. The monoisotopic (exact) mass is 268 g/mol. The number of carbonyl (C=O) groups excluding carboxylic acids is 2. The highest BCUT2D eigenvalue weighted by Crippen LogP contribution is 2.24. The van der Waals surface area contributed by atoms with Gasteiger partial charge in [0.2, 0.25) is 7.85 Å². The number of amides is 3. The van der Waals surface area contributed by atoms with Crippen molar-refractivity contribution in [3.05, 3.63) is 40.8 Å². The van der Waals surface area contributed by atoms with Gasteiger partial charge in [0.1, 0.15) is 5.58 Å². The number of hydrogen-bond donors (Lipinski definition) is 0. The van der Waals surface area contributed by atoms with E-state index in [0.717, 1.165) is 10.3 Å². The van der Waals surface area contributed by atoms with Gasteiger partial charge in [0.25, 0.3) is 0 Å². The van der Waals surface area contributed by atoms with Gasteiger partial charge in [0.05, 0.1) is 0 Å². The summed E-state index contributed by atoms with van der Waals surface area (Å²) in [5.41, 5.74) is 0.488. The Bertz CT molecular complexity index is 770. The molecule has 0 atom stereocenters. The predicted molar refractivity (Wildman–Crippen MR) is 73.1 cm³/mol. The van der Waals surface area contributed by atoms with Crippen LogP contribution in [0.5, 0.6) is 0 Å². The molecule has 2 heterocycles. The third-order valence-electron chi connectivity index (χ3n) is 3.19. The molecule has 1 aromatic heterocycles. The van der Waals surface area contributed by atoms with E-state index in [1.165, 1.54) is 11.0 Å². The summed E-state index contributed by atoms with van der Waals surface area (Å²) in [4.78, 5) is 36.7. The minimum Gasteiger partial charge on any atom is -0.423 e. The highest BCUT2D eigenvalue weighted by Gasteiger charge is 2.31. The highest BCUT2D eigenvalue weighted by molar-refractivity contribution is 6.58. The molecule has 6 nitrogen and oxygen atoms in total. The standard InChI is InChI=1S/C13H9BN2O4/c14-12(18)16-6-5-15(13(16)19)9-3-1-8-2-4-11(17)20-10(8)7-9/h1-4,7H,5-6H2. The number of fused-ring (bicyclic) bond motifs is 1. The molecule has 20 heavy (non-hydrogen) atoms. The molecule has 1 aliphatic rings. The molecule has 0 bridgehead atoms. The first-order valence-electron chi connectivity index (χ1n) is 5.98. The fourth-order valence-electron chi connectivity index (χ4n) is 2.20. The Labute approximate surface area is 115 Å². The molecule has 0 saturated carbocycles. The normalized spacial score (nSPS) is 15.1. The quantitative estimate of drug-likeness (QED) is 0.577. The molecule has 3 amide bonds. The molecule has 2 aromatic rings. The number of imide groups is 1. The second-order valence-electron chi connectivity index (χ2n) is 4.40. The number of benzene rings is 1. The number of nitrogens with zero attached hydrogens (tertiary/aromatic N) is 2. The third-order valence-corrected chi connectivity index (χ3v) is 3.19. The maximum Gasteiger partial charge on any atom is 0.336 e. The zero-order valence-corrected chi connectivity index (χ0v) is 10.4. The molecule has 0 aliphatic carbocycles. The van der Waals surface area contributed by atoms with Gasteiger partial charge in [-0.2, -0.15) is 0 Å². The maximum absolute atomic E-state index is 12.0. The molecule has 3 rings (SSSR count). The number of carbonyl (C=O) groups is 2. The van der Waals surface area contributed by atoms with Crippen molar-refractivity contribution >= 4 is 36.3 Å². The Hall–Kier alpha value is -2.57. The predicted octanol–water partition coefficient (Wildman–Crippen LogP) is 1.32. The van der Waals surface area contributed by atoms with Gasteiger partial charge in [0, 0.05) is 36.3 Å². The van der Waals surface area contributed by atoms with Crippen molar-refractivity contribution in [1.29, 1.82) is 0 Å². The summed E-state index contributed by atoms with van der Waals surface area (Å²) in [6, 6.07) is 7.57. The fraction of sp³-hybridized carbons (Fsp3) is 0.154. The van der Waals surface area contributed by atoms with Gasteiger partial charge >= 0.3 is 11.7 Å². The molecular formula is C13H9BN2O4. The lowest BCUT2D eigenvalue weighted by Gasteiger charge is -2.17. The molecule has 7 heteroatoms. The van der Waals surface area contributed by atoms with Crippen molar-refractivity contribution in [1.82, 2.24) is 4.90 Å². The first kappa shape index (κ1) is 12.5. The number of hydrogen-bond acceptors (Lipinski definition) is 4. The van der Waals surface area contributed by atoms with Crippen LogP contribution in [0.1, 0.15) is 0 Å². The molecule has 98 valence electrons. The second kappa shape index (κ2) is 4.52.